The third-order valence-corrected chi connectivity index (χ3v) is 2.57. The van der Waals surface area contributed by atoms with Crippen molar-refractivity contribution in [3.63, 3.8) is 0 Å². The summed E-state index contributed by atoms with van der Waals surface area (Å²) < 4.78 is 0. The zero-order valence-corrected chi connectivity index (χ0v) is 10.2. The van der Waals surface area contributed by atoms with Crippen LogP contribution in [-0.2, 0) is 0 Å². The molecule has 1 rings (SSSR count). The van der Waals surface area contributed by atoms with Gasteiger partial charge >= 0.3 is 0 Å². The van der Waals surface area contributed by atoms with E-state index in [-0.39, 0.29) is 6.04 Å². The summed E-state index contributed by atoms with van der Waals surface area (Å²) in [6.45, 7) is 6.32. The van der Waals surface area contributed by atoms with E-state index < -0.39 is 0 Å². The van der Waals surface area contributed by atoms with Crippen molar-refractivity contribution in [3.8, 4) is 0 Å². The van der Waals surface area contributed by atoms with Gasteiger partial charge < -0.3 is 5.32 Å². The molecule has 0 amide bonds. The van der Waals surface area contributed by atoms with Crippen molar-refractivity contribution in [2.75, 3.05) is 0 Å². The van der Waals surface area contributed by atoms with Crippen LogP contribution in [0.4, 0.5) is 0 Å². The Balaban J connectivity index is 2.84. The molecule has 1 aromatic carbocycles. The second kappa shape index (κ2) is 5.01. The summed E-state index contributed by atoms with van der Waals surface area (Å²) in [4.78, 5) is 0. The number of benzene rings is 1. The van der Waals surface area contributed by atoms with Crippen LogP contribution in [0.1, 0.15) is 32.4 Å². The number of hydrogen-bond acceptors (Lipinski definition) is 1. The van der Waals surface area contributed by atoms with E-state index in [0.717, 1.165) is 10.6 Å². The normalized spacial score (nSPS) is 13.3. The van der Waals surface area contributed by atoms with E-state index in [9.17, 15) is 0 Å². The van der Waals surface area contributed by atoms with Crippen LogP contribution in [0.2, 0.25) is 10.0 Å². The summed E-state index contributed by atoms with van der Waals surface area (Å²) >= 11 is 11.9. The summed E-state index contributed by atoms with van der Waals surface area (Å²) in [5, 5.41) is 4.79. The van der Waals surface area contributed by atoms with Gasteiger partial charge in [-0.2, -0.15) is 0 Å². The molecule has 1 aromatic rings. The average molecular weight is 232 g/mol. The Bertz CT molecular complexity index is 310. The second-order valence-corrected chi connectivity index (χ2v) is 4.55. The predicted octanol–water partition coefficient (Wildman–Crippen LogP) is 4.05. The van der Waals surface area contributed by atoms with Crippen molar-refractivity contribution in [3.05, 3.63) is 33.8 Å². The molecule has 0 saturated carbocycles. The number of halogens is 2. The van der Waals surface area contributed by atoms with E-state index in [1.807, 2.05) is 12.1 Å². The Hall–Kier alpha value is -0.240. The Morgan fingerprint density at radius 3 is 2.29 bits per heavy atom. The molecular weight excluding hydrogens is 217 g/mol. The van der Waals surface area contributed by atoms with Crippen molar-refractivity contribution in [1.82, 2.24) is 5.32 Å². The van der Waals surface area contributed by atoms with Crippen LogP contribution >= 0.6 is 23.2 Å². The Kier molecular flexibility index (Phi) is 4.24. The van der Waals surface area contributed by atoms with Crippen molar-refractivity contribution < 1.29 is 0 Å². The lowest BCUT2D eigenvalue weighted by molar-refractivity contribution is 0.506. The van der Waals surface area contributed by atoms with Crippen LogP contribution in [-0.4, -0.2) is 6.04 Å². The average Bonchev–Trinajstić information content (AvgIpc) is 2.01. The lowest BCUT2D eigenvalue weighted by Gasteiger charge is -2.18. The maximum absolute atomic E-state index is 6.08. The molecule has 0 bridgehead atoms. The highest BCUT2D eigenvalue weighted by atomic mass is 35.5. The first kappa shape index (κ1) is 11.8. The number of nitrogens with one attached hydrogen (secondary N) is 1. The molecule has 1 atom stereocenters. The van der Waals surface area contributed by atoms with Gasteiger partial charge in [-0.3, -0.25) is 0 Å². The molecular formula is C11H15Cl2N. The Morgan fingerprint density at radius 1 is 1.14 bits per heavy atom. The number of hydrogen-bond donors (Lipinski definition) is 1. The first-order valence-electron chi connectivity index (χ1n) is 4.71. The molecule has 3 heteroatoms. The maximum atomic E-state index is 6.08. The number of rotatable bonds is 3. The fraction of sp³-hybridized carbons (Fsp3) is 0.455. The SMILES string of the molecule is CC(C)N[C@@H](C)c1ccc(Cl)cc1Cl. The fourth-order valence-electron chi connectivity index (χ4n) is 1.44. The molecule has 0 fully saturated rings. The van der Waals surface area contributed by atoms with E-state index in [0.29, 0.717) is 11.1 Å². The minimum atomic E-state index is 0.250. The summed E-state index contributed by atoms with van der Waals surface area (Å²) in [5.41, 5.74) is 1.09. The van der Waals surface area contributed by atoms with Gasteiger partial charge in [-0.05, 0) is 24.6 Å². The van der Waals surface area contributed by atoms with Crippen LogP contribution in [0, 0.1) is 0 Å². The van der Waals surface area contributed by atoms with Crippen LogP contribution in [0.3, 0.4) is 0 Å². The summed E-state index contributed by atoms with van der Waals surface area (Å²) in [6, 6.07) is 6.29. The highest BCUT2D eigenvalue weighted by molar-refractivity contribution is 6.35. The molecule has 14 heavy (non-hydrogen) atoms. The summed E-state index contributed by atoms with van der Waals surface area (Å²) in [5.74, 6) is 0. The maximum Gasteiger partial charge on any atom is 0.0468 e. The van der Waals surface area contributed by atoms with Crippen molar-refractivity contribution in [2.45, 2.75) is 32.9 Å². The van der Waals surface area contributed by atoms with Crippen LogP contribution in [0.15, 0.2) is 18.2 Å². The van der Waals surface area contributed by atoms with E-state index in [2.05, 4.69) is 26.1 Å². The first-order chi connectivity index (χ1) is 6.50. The third-order valence-electron chi connectivity index (χ3n) is 2.01. The second-order valence-electron chi connectivity index (χ2n) is 3.71. The zero-order chi connectivity index (χ0) is 10.7. The van der Waals surface area contributed by atoms with E-state index >= 15 is 0 Å². The molecule has 0 aliphatic heterocycles. The highest BCUT2D eigenvalue weighted by Crippen LogP contribution is 2.26. The van der Waals surface area contributed by atoms with Gasteiger partial charge in [-0.1, -0.05) is 43.1 Å². The molecule has 1 nitrogen and oxygen atoms in total. The van der Waals surface area contributed by atoms with Gasteiger partial charge in [0.15, 0.2) is 0 Å². The molecule has 0 unspecified atom stereocenters. The molecule has 0 radical (unpaired) electrons. The van der Waals surface area contributed by atoms with E-state index in [4.69, 9.17) is 23.2 Å². The third kappa shape index (κ3) is 3.16. The fourth-order valence-corrected chi connectivity index (χ4v) is 2.01. The molecule has 0 heterocycles. The van der Waals surface area contributed by atoms with Gasteiger partial charge in [0.05, 0.1) is 0 Å². The summed E-state index contributed by atoms with van der Waals surface area (Å²) in [6.07, 6.45) is 0. The predicted molar refractivity (Wildman–Crippen MR) is 63.1 cm³/mol. The van der Waals surface area contributed by atoms with Crippen LogP contribution < -0.4 is 5.32 Å². The Labute approximate surface area is 95.4 Å². The molecule has 0 saturated heterocycles. The van der Waals surface area contributed by atoms with Gasteiger partial charge in [0, 0.05) is 22.1 Å². The van der Waals surface area contributed by atoms with Gasteiger partial charge in [0.2, 0.25) is 0 Å². The zero-order valence-electron chi connectivity index (χ0n) is 8.64. The van der Waals surface area contributed by atoms with Crippen LogP contribution in [0.25, 0.3) is 0 Å². The Morgan fingerprint density at radius 2 is 1.79 bits per heavy atom. The molecule has 0 spiro atoms. The smallest absolute Gasteiger partial charge is 0.0468 e. The molecule has 0 aliphatic carbocycles. The molecule has 78 valence electrons. The lowest BCUT2D eigenvalue weighted by atomic mass is 10.1. The molecule has 0 aliphatic rings. The van der Waals surface area contributed by atoms with Gasteiger partial charge in [0.25, 0.3) is 0 Å². The minimum absolute atomic E-state index is 0.250. The highest BCUT2D eigenvalue weighted by Gasteiger charge is 2.10. The summed E-state index contributed by atoms with van der Waals surface area (Å²) in [7, 11) is 0. The van der Waals surface area contributed by atoms with Crippen molar-refractivity contribution in [2.24, 2.45) is 0 Å². The van der Waals surface area contributed by atoms with E-state index in [1.165, 1.54) is 0 Å². The van der Waals surface area contributed by atoms with Gasteiger partial charge in [0.1, 0.15) is 0 Å². The lowest BCUT2D eigenvalue weighted by Crippen LogP contribution is -2.26. The largest absolute Gasteiger partial charge is 0.308 e. The molecule has 1 N–H and O–H groups in total. The van der Waals surface area contributed by atoms with Gasteiger partial charge in [-0.15, -0.1) is 0 Å². The van der Waals surface area contributed by atoms with E-state index in [1.54, 1.807) is 6.07 Å². The monoisotopic (exact) mass is 231 g/mol. The first-order valence-corrected chi connectivity index (χ1v) is 5.47. The minimum Gasteiger partial charge on any atom is -0.308 e. The molecule has 0 aromatic heterocycles. The quantitative estimate of drug-likeness (QED) is 0.828. The topological polar surface area (TPSA) is 12.0 Å². The van der Waals surface area contributed by atoms with Crippen molar-refractivity contribution in [1.29, 1.82) is 0 Å². The van der Waals surface area contributed by atoms with Gasteiger partial charge in [-0.25, -0.2) is 0 Å². The van der Waals surface area contributed by atoms with Crippen LogP contribution in [0.5, 0.6) is 0 Å². The standard InChI is InChI=1S/C11H15Cl2N/c1-7(2)14-8(3)10-5-4-9(12)6-11(10)13/h4-8,14H,1-3H3/t8-/m0/s1. The van der Waals surface area contributed by atoms with Crippen molar-refractivity contribution >= 4 is 23.2 Å².